The van der Waals surface area contributed by atoms with Gasteiger partial charge < -0.3 is 10.2 Å². The molecule has 204 valence electrons. The van der Waals surface area contributed by atoms with Gasteiger partial charge in [0.2, 0.25) is 0 Å². The summed E-state index contributed by atoms with van der Waals surface area (Å²) in [7, 11) is 0. The molecule has 7 rings (SSSR count). The highest BCUT2D eigenvalue weighted by atomic mass is 16.4. The van der Waals surface area contributed by atoms with Crippen molar-refractivity contribution in [1.82, 2.24) is 9.80 Å². The lowest BCUT2D eigenvalue weighted by Crippen LogP contribution is -2.38. The number of fused-ring (bicyclic) bond motifs is 7. The molecule has 2 aliphatic heterocycles. The fourth-order valence-corrected chi connectivity index (χ4v) is 8.36. The van der Waals surface area contributed by atoms with Crippen molar-refractivity contribution in [3.63, 3.8) is 0 Å². The fourth-order valence-electron chi connectivity index (χ4n) is 8.36. The standard InChI is InChI=1S/C30H26N2O8/c33-25-18-3-1-14(29(37)38)8-23(18)27(35)31(25)11-13-5-20-16-7-17(21(10-16)22(20)6-13)12-32-26(34)19-4-2-15(30(39)40)9-24(19)28(32)36/h1-4,8-9,13,16-17,20-22H,5-7,10-12H2,(H,37,38)(H,39,40). The van der Waals surface area contributed by atoms with Gasteiger partial charge in [0.1, 0.15) is 0 Å². The maximum absolute atomic E-state index is 13.1. The molecule has 2 aromatic carbocycles. The zero-order valence-electron chi connectivity index (χ0n) is 21.4. The zero-order valence-corrected chi connectivity index (χ0v) is 21.4. The van der Waals surface area contributed by atoms with Crippen LogP contribution in [0.1, 0.15) is 87.8 Å². The van der Waals surface area contributed by atoms with Crippen molar-refractivity contribution in [2.75, 3.05) is 13.1 Å². The molecule has 6 atom stereocenters. The molecule has 3 fully saturated rings. The summed E-state index contributed by atoms with van der Waals surface area (Å²) in [5, 5.41) is 18.5. The molecular formula is C30H26N2O8. The minimum atomic E-state index is -1.15. The van der Waals surface area contributed by atoms with E-state index in [-0.39, 0.29) is 57.0 Å². The summed E-state index contributed by atoms with van der Waals surface area (Å²) in [6.45, 7) is 0.615. The Morgan fingerprint density at radius 1 is 0.625 bits per heavy atom. The molecule has 40 heavy (non-hydrogen) atoms. The molecule has 4 amide bonds. The Bertz CT molecular complexity index is 1560. The number of amides is 4. The molecular weight excluding hydrogens is 516 g/mol. The predicted molar refractivity (Wildman–Crippen MR) is 137 cm³/mol. The number of rotatable bonds is 6. The van der Waals surface area contributed by atoms with Crippen molar-refractivity contribution in [3.05, 3.63) is 69.8 Å². The SMILES string of the molecule is O=C(O)c1ccc2c(c1)C(=O)N(CC1CC3C4CC(CN5C(=O)c6ccc(C(=O)O)cc6C5=O)C(C4)C3C1)C2=O. The Kier molecular flexibility index (Phi) is 5.29. The Labute approximate surface area is 228 Å². The first-order chi connectivity index (χ1) is 19.1. The maximum atomic E-state index is 13.1. The highest BCUT2D eigenvalue weighted by Crippen LogP contribution is 2.62. The first-order valence-electron chi connectivity index (χ1n) is 13.6. The van der Waals surface area contributed by atoms with E-state index in [2.05, 4.69) is 0 Å². The van der Waals surface area contributed by atoms with E-state index in [1.54, 1.807) is 0 Å². The van der Waals surface area contributed by atoms with Crippen LogP contribution in [0, 0.1) is 35.5 Å². The summed E-state index contributed by atoms with van der Waals surface area (Å²) in [6, 6.07) is 8.06. The van der Waals surface area contributed by atoms with Gasteiger partial charge in [0.05, 0.1) is 33.4 Å². The van der Waals surface area contributed by atoms with Crippen molar-refractivity contribution >= 4 is 35.6 Å². The van der Waals surface area contributed by atoms with Crippen LogP contribution in [0.25, 0.3) is 0 Å². The molecule has 2 N–H and O–H groups in total. The van der Waals surface area contributed by atoms with Crippen molar-refractivity contribution in [2.24, 2.45) is 35.5 Å². The van der Waals surface area contributed by atoms with Crippen LogP contribution < -0.4 is 0 Å². The van der Waals surface area contributed by atoms with Crippen molar-refractivity contribution < 1.29 is 39.0 Å². The minimum absolute atomic E-state index is 0.0260. The Balaban J connectivity index is 1.03. The number of aromatic carboxylic acids is 2. The number of nitrogens with zero attached hydrogens (tertiary/aromatic N) is 2. The van der Waals surface area contributed by atoms with Gasteiger partial charge in [-0.1, -0.05) is 0 Å². The maximum Gasteiger partial charge on any atom is 0.335 e. The van der Waals surface area contributed by atoms with E-state index >= 15 is 0 Å². The summed E-state index contributed by atoms with van der Waals surface area (Å²) in [4.78, 5) is 77.3. The van der Waals surface area contributed by atoms with Gasteiger partial charge >= 0.3 is 11.9 Å². The number of carboxylic acid groups (broad SMARTS) is 2. The molecule has 10 nitrogen and oxygen atoms in total. The molecule has 5 aliphatic rings. The van der Waals surface area contributed by atoms with Crippen molar-refractivity contribution in [3.8, 4) is 0 Å². The Hall–Kier alpha value is -4.34. The third-order valence-electron chi connectivity index (χ3n) is 10.00. The summed E-state index contributed by atoms with van der Waals surface area (Å²) >= 11 is 0. The molecule has 2 aromatic rings. The Morgan fingerprint density at radius 3 is 1.68 bits per heavy atom. The number of imide groups is 2. The second-order valence-electron chi connectivity index (χ2n) is 11.9. The number of hydrogen-bond acceptors (Lipinski definition) is 6. The fraction of sp³-hybridized carbons (Fsp3) is 0.400. The molecule has 2 bridgehead atoms. The van der Waals surface area contributed by atoms with Gasteiger partial charge in [-0.15, -0.1) is 0 Å². The third kappa shape index (κ3) is 3.47. The second-order valence-corrected chi connectivity index (χ2v) is 11.9. The zero-order chi connectivity index (χ0) is 28.0. The van der Waals surface area contributed by atoms with E-state index < -0.39 is 23.8 Å². The number of hydrogen-bond donors (Lipinski definition) is 2. The van der Waals surface area contributed by atoms with E-state index in [0.29, 0.717) is 36.8 Å². The van der Waals surface area contributed by atoms with Crippen LogP contribution in [0.3, 0.4) is 0 Å². The lowest BCUT2D eigenvalue weighted by atomic mass is 9.75. The van der Waals surface area contributed by atoms with Crippen LogP contribution >= 0.6 is 0 Å². The van der Waals surface area contributed by atoms with Crippen LogP contribution in [0.2, 0.25) is 0 Å². The largest absolute Gasteiger partial charge is 0.478 e. The van der Waals surface area contributed by atoms with E-state index in [0.717, 1.165) is 25.7 Å². The van der Waals surface area contributed by atoms with Gasteiger partial charge in [0, 0.05) is 13.1 Å². The third-order valence-corrected chi connectivity index (χ3v) is 10.00. The lowest BCUT2D eigenvalue weighted by molar-refractivity contribution is 0.0580. The summed E-state index contributed by atoms with van der Waals surface area (Å²) in [6.07, 6.45) is 3.73. The highest BCUT2D eigenvalue weighted by Gasteiger charge is 2.57. The van der Waals surface area contributed by atoms with Gasteiger partial charge in [-0.2, -0.15) is 0 Å². The second kappa shape index (κ2) is 8.58. The smallest absolute Gasteiger partial charge is 0.335 e. The lowest BCUT2D eigenvalue weighted by Gasteiger charge is -2.33. The molecule has 10 heteroatoms. The molecule has 0 spiro atoms. The van der Waals surface area contributed by atoms with Crippen LogP contribution in [0.5, 0.6) is 0 Å². The van der Waals surface area contributed by atoms with E-state index in [9.17, 15) is 39.0 Å². The normalized spacial score (nSPS) is 29.8. The molecule has 3 aliphatic carbocycles. The number of benzene rings is 2. The minimum Gasteiger partial charge on any atom is -0.478 e. The van der Waals surface area contributed by atoms with Gasteiger partial charge in [-0.3, -0.25) is 29.0 Å². The molecule has 0 saturated heterocycles. The number of carbonyl (C=O) groups excluding carboxylic acids is 4. The van der Waals surface area contributed by atoms with Crippen LogP contribution in [0.4, 0.5) is 0 Å². The van der Waals surface area contributed by atoms with Gasteiger partial charge in [0.15, 0.2) is 0 Å². The topological polar surface area (TPSA) is 149 Å². The van der Waals surface area contributed by atoms with Gasteiger partial charge in [0.25, 0.3) is 23.6 Å². The van der Waals surface area contributed by atoms with Crippen molar-refractivity contribution in [2.45, 2.75) is 25.7 Å². The van der Waals surface area contributed by atoms with Crippen LogP contribution in [-0.4, -0.2) is 68.7 Å². The van der Waals surface area contributed by atoms with Gasteiger partial charge in [-0.05, 0) is 97.6 Å². The summed E-state index contributed by atoms with van der Waals surface area (Å²) in [5.41, 5.74) is 0.711. The molecule has 2 heterocycles. The molecule has 0 aromatic heterocycles. The van der Waals surface area contributed by atoms with Crippen molar-refractivity contribution in [1.29, 1.82) is 0 Å². The van der Waals surface area contributed by atoms with E-state index in [1.807, 2.05) is 0 Å². The first kappa shape index (κ1) is 24.7. The number of carbonyl (C=O) groups is 6. The average Bonchev–Trinajstić information content (AvgIpc) is 3.71. The van der Waals surface area contributed by atoms with E-state index in [4.69, 9.17) is 0 Å². The average molecular weight is 543 g/mol. The van der Waals surface area contributed by atoms with E-state index in [1.165, 1.54) is 46.2 Å². The number of carboxylic acids is 2. The van der Waals surface area contributed by atoms with Crippen LogP contribution in [-0.2, 0) is 0 Å². The quantitative estimate of drug-likeness (QED) is 0.528. The Morgan fingerprint density at radius 2 is 1.12 bits per heavy atom. The predicted octanol–water partition coefficient (Wildman–Crippen LogP) is 3.27. The summed E-state index contributed by atoms with van der Waals surface area (Å²) in [5.74, 6) is -1.93. The van der Waals surface area contributed by atoms with Gasteiger partial charge in [-0.25, -0.2) is 9.59 Å². The van der Waals surface area contributed by atoms with Crippen LogP contribution in [0.15, 0.2) is 36.4 Å². The monoisotopic (exact) mass is 542 g/mol. The first-order valence-corrected chi connectivity index (χ1v) is 13.6. The highest BCUT2D eigenvalue weighted by molar-refractivity contribution is 6.22. The molecule has 3 saturated carbocycles. The summed E-state index contributed by atoms with van der Waals surface area (Å²) < 4.78 is 0. The molecule has 6 unspecified atom stereocenters. The molecule has 0 radical (unpaired) electrons.